The van der Waals surface area contributed by atoms with Gasteiger partial charge in [0, 0.05) is 18.7 Å². The number of rotatable bonds is 3. The molecule has 0 amide bonds. The van der Waals surface area contributed by atoms with Gasteiger partial charge in [0.25, 0.3) is 5.69 Å². The molecular weight excluding hydrogens is 262 g/mol. The second-order valence-electron chi connectivity index (χ2n) is 4.71. The van der Waals surface area contributed by atoms with Gasteiger partial charge in [-0.15, -0.1) is 0 Å². The molecule has 0 bridgehead atoms. The summed E-state index contributed by atoms with van der Waals surface area (Å²) >= 11 is 0. The standard InChI is InChI=1S/C13H15N3O4/c1-9-8-20-11(7-17)6-15(9)12-3-2-10(5-14)4-13(12)16(18)19/h2-4,9,11,17H,6-8H2,1H3. The van der Waals surface area contributed by atoms with Crippen molar-refractivity contribution in [3.63, 3.8) is 0 Å². The van der Waals surface area contributed by atoms with Crippen LogP contribution in [0.3, 0.4) is 0 Å². The van der Waals surface area contributed by atoms with Crippen LogP contribution in [-0.4, -0.2) is 41.9 Å². The van der Waals surface area contributed by atoms with E-state index in [-0.39, 0.29) is 30.0 Å². The Kier molecular flexibility index (Phi) is 4.17. The Hall–Kier alpha value is -2.17. The van der Waals surface area contributed by atoms with E-state index in [2.05, 4.69) is 0 Å². The summed E-state index contributed by atoms with van der Waals surface area (Å²) < 4.78 is 5.42. The van der Waals surface area contributed by atoms with Crippen LogP contribution < -0.4 is 4.90 Å². The van der Waals surface area contributed by atoms with Gasteiger partial charge in [-0.05, 0) is 19.1 Å². The number of aliphatic hydroxyl groups is 1. The van der Waals surface area contributed by atoms with E-state index in [1.54, 1.807) is 12.1 Å². The van der Waals surface area contributed by atoms with Gasteiger partial charge < -0.3 is 14.7 Å². The highest BCUT2D eigenvalue weighted by molar-refractivity contribution is 5.66. The highest BCUT2D eigenvalue weighted by atomic mass is 16.6. The zero-order valence-corrected chi connectivity index (χ0v) is 11.0. The molecule has 0 radical (unpaired) electrons. The molecule has 7 heteroatoms. The quantitative estimate of drug-likeness (QED) is 0.655. The third-order valence-electron chi connectivity index (χ3n) is 3.32. The molecule has 0 saturated carbocycles. The Bertz CT molecular complexity index is 555. The number of nitriles is 1. The van der Waals surface area contributed by atoms with Gasteiger partial charge in [-0.25, -0.2) is 0 Å². The molecule has 1 saturated heterocycles. The molecule has 106 valence electrons. The monoisotopic (exact) mass is 277 g/mol. The van der Waals surface area contributed by atoms with Gasteiger partial charge in [0.05, 0.1) is 35.9 Å². The zero-order chi connectivity index (χ0) is 14.7. The average Bonchev–Trinajstić information content (AvgIpc) is 2.47. The molecule has 2 atom stereocenters. The van der Waals surface area contributed by atoms with Crippen molar-refractivity contribution in [1.82, 2.24) is 0 Å². The number of nitro groups is 1. The van der Waals surface area contributed by atoms with Gasteiger partial charge in [0.2, 0.25) is 0 Å². The van der Waals surface area contributed by atoms with E-state index in [4.69, 9.17) is 10.00 Å². The van der Waals surface area contributed by atoms with Crippen LogP contribution in [0.2, 0.25) is 0 Å². The summed E-state index contributed by atoms with van der Waals surface area (Å²) in [4.78, 5) is 12.5. The molecule has 0 aliphatic carbocycles. The Balaban J connectivity index is 2.40. The molecule has 1 fully saturated rings. The van der Waals surface area contributed by atoms with Crippen molar-refractivity contribution in [3.05, 3.63) is 33.9 Å². The average molecular weight is 277 g/mol. The highest BCUT2D eigenvalue weighted by Gasteiger charge is 2.30. The number of ether oxygens (including phenoxy) is 1. The molecule has 1 N–H and O–H groups in total. The number of morpholine rings is 1. The number of nitrogens with zero attached hydrogens (tertiary/aromatic N) is 3. The van der Waals surface area contributed by atoms with Crippen molar-refractivity contribution < 1.29 is 14.8 Å². The molecule has 1 aromatic rings. The summed E-state index contributed by atoms with van der Waals surface area (Å²) in [7, 11) is 0. The van der Waals surface area contributed by atoms with Crippen molar-refractivity contribution in [2.45, 2.75) is 19.1 Å². The smallest absolute Gasteiger partial charge is 0.293 e. The van der Waals surface area contributed by atoms with E-state index in [0.717, 1.165) is 0 Å². The molecule has 7 nitrogen and oxygen atoms in total. The van der Waals surface area contributed by atoms with Crippen molar-refractivity contribution in [2.75, 3.05) is 24.7 Å². The summed E-state index contributed by atoms with van der Waals surface area (Å²) in [6.07, 6.45) is -0.360. The molecule has 1 heterocycles. The first-order valence-corrected chi connectivity index (χ1v) is 6.24. The largest absolute Gasteiger partial charge is 0.394 e. The number of aliphatic hydroxyl groups excluding tert-OH is 1. The third kappa shape index (κ3) is 2.71. The van der Waals surface area contributed by atoms with E-state index in [0.29, 0.717) is 18.8 Å². The normalized spacial score (nSPS) is 22.4. The molecule has 20 heavy (non-hydrogen) atoms. The Labute approximate surface area is 116 Å². The van der Waals surface area contributed by atoms with Crippen molar-refractivity contribution >= 4 is 11.4 Å². The van der Waals surface area contributed by atoms with Crippen molar-refractivity contribution in [2.24, 2.45) is 0 Å². The fourth-order valence-corrected chi connectivity index (χ4v) is 2.25. The number of anilines is 1. The fourth-order valence-electron chi connectivity index (χ4n) is 2.25. The first-order valence-electron chi connectivity index (χ1n) is 6.24. The lowest BCUT2D eigenvalue weighted by atomic mass is 10.1. The van der Waals surface area contributed by atoms with Crippen molar-refractivity contribution in [1.29, 1.82) is 5.26 Å². The summed E-state index contributed by atoms with van der Waals surface area (Å²) in [5, 5.41) is 29.2. The Morgan fingerprint density at radius 2 is 2.40 bits per heavy atom. The van der Waals surface area contributed by atoms with Gasteiger partial charge >= 0.3 is 0 Å². The lowest BCUT2D eigenvalue weighted by Crippen LogP contribution is -2.49. The zero-order valence-electron chi connectivity index (χ0n) is 11.0. The minimum Gasteiger partial charge on any atom is -0.394 e. The van der Waals surface area contributed by atoms with Crippen LogP contribution in [0.25, 0.3) is 0 Å². The van der Waals surface area contributed by atoms with Gasteiger partial charge in [-0.3, -0.25) is 10.1 Å². The molecule has 0 spiro atoms. The lowest BCUT2D eigenvalue weighted by molar-refractivity contribution is -0.384. The Morgan fingerprint density at radius 1 is 1.65 bits per heavy atom. The molecule has 1 aliphatic rings. The molecule has 1 aromatic carbocycles. The summed E-state index contributed by atoms with van der Waals surface area (Å²) in [6, 6.07) is 6.26. The van der Waals surface area contributed by atoms with Gasteiger partial charge in [-0.1, -0.05) is 0 Å². The van der Waals surface area contributed by atoms with Crippen LogP contribution in [0, 0.1) is 21.4 Å². The van der Waals surface area contributed by atoms with Crippen LogP contribution in [0.15, 0.2) is 18.2 Å². The minimum atomic E-state index is -0.494. The lowest BCUT2D eigenvalue weighted by Gasteiger charge is -2.38. The Morgan fingerprint density at radius 3 is 3.00 bits per heavy atom. The predicted molar refractivity (Wildman–Crippen MR) is 71.4 cm³/mol. The molecule has 2 rings (SSSR count). The topological polar surface area (TPSA) is 99.6 Å². The maximum atomic E-state index is 11.2. The highest BCUT2D eigenvalue weighted by Crippen LogP contribution is 2.32. The van der Waals surface area contributed by atoms with Crippen LogP contribution in [0.4, 0.5) is 11.4 Å². The van der Waals surface area contributed by atoms with E-state index in [1.807, 2.05) is 17.9 Å². The third-order valence-corrected chi connectivity index (χ3v) is 3.32. The van der Waals surface area contributed by atoms with Crippen LogP contribution in [0.1, 0.15) is 12.5 Å². The predicted octanol–water partition coefficient (Wildman–Crippen LogP) is 1.05. The number of nitro benzene ring substituents is 1. The van der Waals surface area contributed by atoms with Gasteiger partial charge in [0.15, 0.2) is 0 Å². The molecule has 0 aromatic heterocycles. The SMILES string of the molecule is CC1COC(CO)CN1c1ccc(C#N)cc1[N+](=O)[O-]. The number of hydrogen-bond acceptors (Lipinski definition) is 6. The van der Waals surface area contributed by atoms with E-state index in [9.17, 15) is 15.2 Å². The molecule has 1 aliphatic heterocycles. The van der Waals surface area contributed by atoms with Crippen molar-refractivity contribution in [3.8, 4) is 6.07 Å². The van der Waals surface area contributed by atoms with E-state index < -0.39 is 4.92 Å². The van der Waals surface area contributed by atoms with Crippen LogP contribution in [0.5, 0.6) is 0 Å². The van der Waals surface area contributed by atoms with E-state index >= 15 is 0 Å². The number of hydrogen-bond donors (Lipinski definition) is 1. The molecular formula is C13H15N3O4. The summed E-state index contributed by atoms with van der Waals surface area (Å²) in [5.41, 5.74) is 0.595. The van der Waals surface area contributed by atoms with Crippen LogP contribution in [-0.2, 0) is 4.74 Å². The second-order valence-corrected chi connectivity index (χ2v) is 4.71. The summed E-state index contributed by atoms with van der Waals surface area (Å²) in [5.74, 6) is 0. The fraction of sp³-hybridized carbons (Fsp3) is 0.462. The molecule has 2 unspecified atom stereocenters. The number of benzene rings is 1. The second kappa shape index (κ2) is 5.86. The minimum absolute atomic E-state index is 0.0376. The first-order chi connectivity index (χ1) is 9.56. The van der Waals surface area contributed by atoms with Crippen LogP contribution >= 0.6 is 0 Å². The van der Waals surface area contributed by atoms with Gasteiger partial charge in [-0.2, -0.15) is 5.26 Å². The maximum absolute atomic E-state index is 11.2. The summed E-state index contributed by atoms with van der Waals surface area (Å²) in [6.45, 7) is 2.54. The van der Waals surface area contributed by atoms with Gasteiger partial charge in [0.1, 0.15) is 5.69 Å². The van der Waals surface area contributed by atoms with E-state index in [1.165, 1.54) is 6.07 Å². The maximum Gasteiger partial charge on any atom is 0.293 e. The first kappa shape index (κ1) is 14.2.